The standard InChI is InChI=1S/C14H23N7/c1-5-7-15-13-10(2)14(19-11(3)18-13)16-8-6-12-20-17-9-21(12)4/h9H,5-8H2,1-4H3,(H2,15,16,18,19). The van der Waals surface area contributed by atoms with Crippen molar-refractivity contribution in [2.75, 3.05) is 23.7 Å². The van der Waals surface area contributed by atoms with E-state index in [1.54, 1.807) is 6.33 Å². The Bertz CT molecular complexity index is 591. The van der Waals surface area contributed by atoms with E-state index in [1.807, 2.05) is 25.5 Å². The molecular weight excluding hydrogens is 266 g/mol. The lowest BCUT2D eigenvalue weighted by Gasteiger charge is -2.13. The molecule has 0 bridgehead atoms. The van der Waals surface area contributed by atoms with Gasteiger partial charge in [-0.3, -0.25) is 0 Å². The van der Waals surface area contributed by atoms with E-state index in [0.29, 0.717) is 0 Å². The van der Waals surface area contributed by atoms with Crippen LogP contribution < -0.4 is 10.6 Å². The van der Waals surface area contributed by atoms with Crippen LogP contribution in [0.25, 0.3) is 0 Å². The molecule has 2 N–H and O–H groups in total. The summed E-state index contributed by atoms with van der Waals surface area (Å²) in [6.07, 6.45) is 3.58. The quantitative estimate of drug-likeness (QED) is 0.807. The highest BCUT2D eigenvalue weighted by molar-refractivity contribution is 5.57. The first kappa shape index (κ1) is 15.2. The Hall–Kier alpha value is -2.18. The SMILES string of the molecule is CCCNc1nc(C)nc(NCCc2nncn2C)c1C. The third-order valence-electron chi connectivity index (χ3n) is 3.25. The average molecular weight is 289 g/mol. The van der Waals surface area contributed by atoms with Crippen LogP contribution in [0.15, 0.2) is 6.33 Å². The van der Waals surface area contributed by atoms with Gasteiger partial charge in [-0.1, -0.05) is 6.92 Å². The Morgan fingerprint density at radius 1 is 1.10 bits per heavy atom. The van der Waals surface area contributed by atoms with Gasteiger partial charge in [0.1, 0.15) is 29.6 Å². The van der Waals surface area contributed by atoms with Crippen molar-refractivity contribution in [1.82, 2.24) is 24.7 Å². The average Bonchev–Trinajstić information content (AvgIpc) is 2.86. The van der Waals surface area contributed by atoms with Crippen molar-refractivity contribution >= 4 is 11.6 Å². The molecule has 0 aliphatic rings. The number of hydrogen-bond donors (Lipinski definition) is 2. The lowest BCUT2D eigenvalue weighted by molar-refractivity contribution is 0.786. The van der Waals surface area contributed by atoms with Crippen LogP contribution >= 0.6 is 0 Å². The van der Waals surface area contributed by atoms with Gasteiger partial charge in [0.05, 0.1) is 0 Å². The molecule has 0 spiro atoms. The van der Waals surface area contributed by atoms with E-state index in [4.69, 9.17) is 0 Å². The molecule has 7 nitrogen and oxygen atoms in total. The molecule has 114 valence electrons. The summed E-state index contributed by atoms with van der Waals surface area (Å²) >= 11 is 0. The maximum atomic E-state index is 4.48. The first-order valence-electron chi connectivity index (χ1n) is 7.27. The highest BCUT2D eigenvalue weighted by Gasteiger charge is 2.09. The number of nitrogens with one attached hydrogen (secondary N) is 2. The molecular formula is C14H23N7. The van der Waals surface area contributed by atoms with Crippen LogP contribution in [0.1, 0.15) is 30.6 Å². The molecule has 0 fully saturated rings. The normalized spacial score (nSPS) is 10.7. The minimum absolute atomic E-state index is 0.761. The number of nitrogens with zero attached hydrogens (tertiary/aromatic N) is 5. The molecule has 0 aromatic carbocycles. The number of rotatable bonds is 7. The molecule has 0 aliphatic carbocycles. The summed E-state index contributed by atoms with van der Waals surface area (Å²) < 4.78 is 1.92. The van der Waals surface area contributed by atoms with Gasteiger partial charge in [0.15, 0.2) is 0 Å². The van der Waals surface area contributed by atoms with Gasteiger partial charge in [-0.25, -0.2) is 9.97 Å². The van der Waals surface area contributed by atoms with E-state index >= 15 is 0 Å². The summed E-state index contributed by atoms with van der Waals surface area (Å²) in [6, 6.07) is 0. The molecule has 0 radical (unpaired) electrons. The minimum Gasteiger partial charge on any atom is -0.370 e. The third-order valence-corrected chi connectivity index (χ3v) is 3.25. The fourth-order valence-corrected chi connectivity index (χ4v) is 2.04. The second-order valence-electron chi connectivity index (χ2n) is 5.05. The smallest absolute Gasteiger partial charge is 0.134 e. The van der Waals surface area contributed by atoms with Gasteiger partial charge < -0.3 is 15.2 Å². The van der Waals surface area contributed by atoms with Gasteiger partial charge >= 0.3 is 0 Å². The van der Waals surface area contributed by atoms with Crippen LogP contribution in [0.2, 0.25) is 0 Å². The van der Waals surface area contributed by atoms with E-state index in [-0.39, 0.29) is 0 Å². The molecule has 7 heteroatoms. The highest BCUT2D eigenvalue weighted by Crippen LogP contribution is 2.19. The Morgan fingerprint density at radius 3 is 2.33 bits per heavy atom. The first-order valence-corrected chi connectivity index (χ1v) is 7.27. The van der Waals surface area contributed by atoms with Crippen LogP contribution in [0.4, 0.5) is 11.6 Å². The Morgan fingerprint density at radius 2 is 1.76 bits per heavy atom. The van der Waals surface area contributed by atoms with E-state index in [2.05, 4.69) is 37.7 Å². The molecule has 0 saturated carbocycles. The molecule has 21 heavy (non-hydrogen) atoms. The van der Waals surface area contributed by atoms with Gasteiger partial charge in [0.2, 0.25) is 0 Å². The van der Waals surface area contributed by atoms with Crippen LogP contribution in [-0.4, -0.2) is 37.8 Å². The van der Waals surface area contributed by atoms with E-state index < -0.39 is 0 Å². The van der Waals surface area contributed by atoms with E-state index in [9.17, 15) is 0 Å². The number of anilines is 2. The number of aromatic nitrogens is 5. The second kappa shape index (κ2) is 7.01. The predicted octanol–water partition coefficient (Wildman–Crippen LogP) is 1.70. The molecule has 2 heterocycles. The van der Waals surface area contributed by atoms with Crippen LogP contribution in [-0.2, 0) is 13.5 Å². The Labute approximate surface area is 125 Å². The molecule has 0 amide bonds. The molecule has 0 saturated heterocycles. The monoisotopic (exact) mass is 289 g/mol. The lowest BCUT2D eigenvalue weighted by Crippen LogP contribution is -2.13. The summed E-state index contributed by atoms with van der Waals surface area (Å²) in [7, 11) is 1.95. The third kappa shape index (κ3) is 3.90. The van der Waals surface area contributed by atoms with Crippen molar-refractivity contribution in [2.45, 2.75) is 33.6 Å². The van der Waals surface area contributed by atoms with Crippen LogP contribution in [0, 0.1) is 13.8 Å². The van der Waals surface area contributed by atoms with E-state index in [0.717, 1.165) is 54.8 Å². The van der Waals surface area contributed by atoms with Crippen molar-refractivity contribution < 1.29 is 0 Å². The van der Waals surface area contributed by atoms with Gasteiger partial charge in [0, 0.05) is 32.1 Å². The predicted molar refractivity (Wildman–Crippen MR) is 83.5 cm³/mol. The molecule has 2 aromatic heterocycles. The van der Waals surface area contributed by atoms with Crippen molar-refractivity contribution in [2.24, 2.45) is 7.05 Å². The molecule has 0 atom stereocenters. The largest absolute Gasteiger partial charge is 0.370 e. The van der Waals surface area contributed by atoms with Crippen molar-refractivity contribution in [3.05, 3.63) is 23.5 Å². The first-order chi connectivity index (χ1) is 10.1. The summed E-state index contributed by atoms with van der Waals surface area (Å²) in [5.41, 5.74) is 1.05. The maximum Gasteiger partial charge on any atom is 0.134 e. The van der Waals surface area contributed by atoms with Crippen LogP contribution in [0.3, 0.4) is 0 Å². The highest BCUT2D eigenvalue weighted by atomic mass is 15.2. The lowest BCUT2D eigenvalue weighted by atomic mass is 10.3. The van der Waals surface area contributed by atoms with Crippen molar-refractivity contribution in [3.63, 3.8) is 0 Å². The zero-order valence-corrected chi connectivity index (χ0v) is 13.1. The van der Waals surface area contributed by atoms with Crippen LogP contribution in [0.5, 0.6) is 0 Å². The molecule has 2 aromatic rings. The Kier molecular flexibility index (Phi) is 5.08. The summed E-state index contributed by atoms with van der Waals surface area (Å²) in [6.45, 7) is 7.75. The Balaban J connectivity index is 2.02. The second-order valence-corrected chi connectivity index (χ2v) is 5.05. The number of hydrogen-bond acceptors (Lipinski definition) is 6. The number of aryl methyl sites for hydroxylation is 2. The van der Waals surface area contributed by atoms with Gasteiger partial charge in [-0.2, -0.15) is 0 Å². The van der Waals surface area contributed by atoms with E-state index in [1.165, 1.54) is 0 Å². The molecule has 2 rings (SSSR count). The zero-order chi connectivity index (χ0) is 15.2. The minimum atomic E-state index is 0.761. The fraction of sp³-hybridized carbons (Fsp3) is 0.571. The van der Waals surface area contributed by atoms with Gasteiger partial charge in [-0.05, 0) is 20.3 Å². The summed E-state index contributed by atoms with van der Waals surface area (Å²) in [5, 5.41) is 14.7. The maximum absolute atomic E-state index is 4.48. The van der Waals surface area contributed by atoms with Gasteiger partial charge in [0.25, 0.3) is 0 Å². The zero-order valence-electron chi connectivity index (χ0n) is 13.1. The summed E-state index contributed by atoms with van der Waals surface area (Å²) in [4.78, 5) is 8.93. The molecule has 0 unspecified atom stereocenters. The van der Waals surface area contributed by atoms with Crippen molar-refractivity contribution in [3.8, 4) is 0 Å². The topological polar surface area (TPSA) is 80.6 Å². The molecule has 0 aliphatic heterocycles. The fourth-order valence-electron chi connectivity index (χ4n) is 2.04. The van der Waals surface area contributed by atoms with Gasteiger partial charge in [-0.15, -0.1) is 10.2 Å². The van der Waals surface area contributed by atoms with Crippen molar-refractivity contribution in [1.29, 1.82) is 0 Å². The summed E-state index contributed by atoms with van der Waals surface area (Å²) in [5.74, 6) is 3.50.